The molecule has 0 aliphatic heterocycles. The van der Waals surface area contributed by atoms with Crippen molar-refractivity contribution in [1.82, 2.24) is 4.72 Å². The third-order valence-electron chi connectivity index (χ3n) is 3.79. The molecule has 2 aromatic rings. The van der Waals surface area contributed by atoms with Gasteiger partial charge in [0.1, 0.15) is 12.4 Å². The molecule has 0 heterocycles. The Labute approximate surface area is 150 Å². The average Bonchev–Trinajstić information content (AvgIpc) is 2.52. The van der Waals surface area contributed by atoms with Crippen LogP contribution >= 0.6 is 0 Å². The zero-order chi connectivity index (χ0) is 18.7. The molecule has 6 heteroatoms. The van der Waals surface area contributed by atoms with Crippen molar-refractivity contribution in [1.29, 1.82) is 0 Å². The highest BCUT2D eigenvalue weighted by molar-refractivity contribution is 7.89. The maximum absolute atomic E-state index is 12.2. The molecule has 0 bridgehead atoms. The van der Waals surface area contributed by atoms with Crippen molar-refractivity contribution in [2.45, 2.75) is 38.0 Å². The number of nitrogens with one attached hydrogen (secondary N) is 1. The van der Waals surface area contributed by atoms with Gasteiger partial charge in [-0.05, 0) is 48.2 Å². The van der Waals surface area contributed by atoms with Crippen molar-refractivity contribution in [3.05, 3.63) is 53.6 Å². The zero-order valence-corrected chi connectivity index (χ0v) is 16.0. The van der Waals surface area contributed by atoms with Crippen molar-refractivity contribution in [3.8, 4) is 5.75 Å². The third kappa shape index (κ3) is 5.21. The van der Waals surface area contributed by atoms with Crippen LogP contribution in [0, 0.1) is 6.92 Å². The van der Waals surface area contributed by atoms with E-state index in [0.717, 1.165) is 11.3 Å². The van der Waals surface area contributed by atoms with E-state index in [9.17, 15) is 8.42 Å². The lowest BCUT2D eigenvalue weighted by Crippen LogP contribution is -2.28. The number of benzene rings is 2. The van der Waals surface area contributed by atoms with E-state index in [1.54, 1.807) is 12.1 Å². The van der Waals surface area contributed by atoms with Crippen molar-refractivity contribution in [2.24, 2.45) is 0 Å². The molecule has 0 saturated carbocycles. The molecule has 25 heavy (non-hydrogen) atoms. The van der Waals surface area contributed by atoms with E-state index in [1.165, 1.54) is 17.7 Å². The van der Waals surface area contributed by atoms with E-state index in [-0.39, 0.29) is 23.5 Å². The van der Waals surface area contributed by atoms with Gasteiger partial charge in [-0.3, -0.25) is 0 Å². The molecule has 0 aliphatic carbocycles. The van der Waals surface area contributed by atoms with Crippen LogP contribution in [0.15, 0.2) is 47.4 Å². The summed E-state index contributed by atoms with van der Waals surface area (Å²) in [6.45, 7) is 8.85. The Morgan fingerprint density at radius 2 is 1.72 bits per heavy atom. The second kappa shape index (κ2) is 7.45. The summed E-state index contributed by atoms with van der Waals surface area (Å²) in [5.41, 5.74) is 8.33. The van der Waals surface area contributed by atoms with Crippen molar-refractivity contribution >= 4 is 15.7 Å². The lowest BCUT2D eigenvalue weighted by molar-refractivity contribution is 0.313. The monoisotopic (exact) mass is 362 g/mol. The number of aryl methyl sites for hydroxylation is 1. The molecule has 0 atom stereocenters. The van der Waals surface area contributed by atoms with Crippen molar-refractivity contribution in [3.63, 3.8) is 0 Å². The average molecular weight is 362 g/mol. The molecule has 0 fully saturated rings. The predicted octanol–water partition coefficient (Wildman–Crippen LogP) is 3.23. The summed E-state index contributed by atoms with van der Waals surface area (Å²) in [6, 6.07) is 12.1. The molecule has 0 radical (unpaired) electrons. The van der Waals surface area contributed by atoms with E-state index >= 15 is 0 Å². The molecule has 2 aromatic carbocycles. The van der Waals surface area contributed by atoms with Crippen LogP contribution in [0.5, 0.6) is 5.75 Å². The minimum absolute atomic E-state index is 0.0508. The van der Waals surface area contributed by atoms with Crippen LogP contribution in [0.1, 0.15) is 31.9 Å². The number of hydrogen-bond acceptors (Lipinski definition) is 4. The normalized spacial score (nSPS) is 12.2. The Morgan fingerprint density at radius 3 is 2.32 bits per heavy atom. The summed E-state index contributed by atoms with van der Waals surface area (Å²) in [7, 11) is -3.56. The minimum atomic E-state index is -3.56. The van der Waals surface area contributed by atoms with Gasteiger partial charge in [0.15, 0.2) is 0 Å². The maximum Gasteiger partial charge on any atom is 0.240 e. The molecular weight excluding hydrogens is 336 g/mol. The third-order valence-corrected chi connectivity index (χ3v) is 5.26. The van der Waals surface area contributed by atoms with Gasteiger partial charge in [0.2, 0.25) is 10.0 Å². The first-order valence-corrected chi connectivity index (χ1v) is 9.67. The maximum atomic E-state index is 12.2. The Bertz CT molecular complexity index is 823. The van der Waals surface area contributed by atoms with Crippen LogP contribution in [0.4, 0.5) is 5.69 Å². The van der Waals surface area contributed by atoms with E-state index in [1.807, 2.05) is 19.1 Å². The number of hydrogen-bond donors (Lipinski definition) is 2. The van der Waals surface area contributed by atoms with Crippen LogP contribution in [-0.4, -0.2) is 21.6 Å². The Balaban J connectivity index is 1.99. The molecule has 0 aromatic heterocycles. The lowest BCUT2D eigenvalue weighted by atomic mass is 9.85. The zero-order valence-electron chi connectivity index (χ0n) is 15.2. The van der Waals surface area contributed by atoms with E-state index in [2.05, 4.69) is 31.6 Å². The smallest absolute Gasteiger partial charge is 0.240 e. The molecule has 0 spiro atoms. The first kappa shape index (κ1) is 19.3. The van der Waals surface area contributed by atoms with Gasteiger partial charge < -0.3 is 10.5 Å². The summed E-state index contributed by atoms with van der Waals surface area (Å²) in [6.07, 6.45) is 0. The molecule has 0 aliphatic rings. The number of ether oxygens (including phenoxy) is 1. The summed E-state index contributed by atoms with van der Waals surface area (Å²) < 4.78 is 32.8. The second-order valence-electron chi connectivity index (χ2n) is 7.06. The fourth-order valence-electron chi connectivity index (χ4n) is 2.42. The van der Waals surface area contributed by atoms with E-state index in [0.29, 0.717) is 5.69 Å². The van der Waals surface area contributed by atoms with Gasteiger partial charge in [0, 0.05) is 12.2 Å². The molecule has 0 unspecified atom stereocenters. The van der Waals surface area contributed by atoms with Gasteiger partial charge in [-0.15, -0.1) is 0 Å². The van der Waals surface area contributed by atoms with Gasteiger partial charge in [0.25, 0.3) is 0 Å². The SMILES string of the molecule is Cc1ccc(OCCNS(=O)(=O)c2ccc(N)cc2)c(C(C)(C)C)c1. The quantitative estimate of drug-likeness (QED) is 0.611. The Morgan fingerprint density at radius 1 is 1.08 bits per heavy atom. The lowest BCUT2D eigenvalue weighted by Gasteiger charge is -2.23. The van der Waals surface area contributed by atoms with Crippen LogP contribution in [-0.2, 0) is 15.4 Å². The molecule has 136 valence electrons. The fraction of sp³-hybridized carbons (Fsp3) is 0.368. The topological polar surface area (TPSA) is 81.4 Å². The van der Waals surface area contributed by atoms with Gasteiger partial charge in [0.05, 0.1) is 4.90 Å². The minimum Gasteiger partial charge on any atom is -0.492 e. The fourth-order valence-corrected chi connectivity index (χ4v) is 3.44. The Hall–Kier alpha value is -2.05. The molecular formula is C19H26N2O3S. The van der Waals surface area contributed by atoms with Crippen LogP contribution in [0.3, 0.4) is 0 Å². The number of nitrogen functional groups attached to an aromatic ring is 1. The summed E-state index contributed by atoms with van der Waals surface area (Å²) in [5, 5.41) is 0. The van der Waals surface area contributed by atoms with Gasteiger partial charge in [-0.1, -0.05) is 38.5 Å². The molecule has 0 amide bonds. The summed E-state index contributed by atoms with van der Waals surface area (Å²) >= 11 is 0. The Kier molecular flexibility index (Phi) is 5.75. The van der Waals surface area contributed by atoms with Crippen LogP contribution in [0.25, 0.3) is 0 Å². The summed E-state index contributed by atoms with van der Waals surface area (Å²) in [4.78, 5) is 0.187. The predicted molar refractivity (Wildman–Crippen MR) is 101 cm³/mol. The second-order valence-corrected chi connectivity index (χ2v) is 8.83. The highest BCUT2D eigenvalue weighted by atomic mass is 32.2. The molecule has 2 rings (SSSR count). The van der Waals surface area contributed by atoms with Crippen molar-refractivity contribution < 1.29 is 13.2 Å². The first-order chi connectivity index (χ1) is 11.6. The molecule has 3 N–H and O–H groups in total. The van der Waals surface area contributed by atoms with Crippen LogP contribution in [0.2, 0.25) is 0 Å². The largest absolute Gasteiger partial charge is 0.492 e. The van der Waals surface area contributed by atoms with E-state index < -0.39 is 10.0 Å². The van der Waals surface area contributed by atoms with Crippen LogP contribution < -0.4 is 15.2 Å². The van der Waals surface area contributed by atoms with E-state index in [4.69, 9.17) is 10.5 Å². The number of anilines is 1. The molecule has 0 saturated heterocycles. The van der Waals surface area contributed by atoms with Gasteiger partial charge in [-0.25, -0.2) is 13.1 Å². The summed E-state index contributed by atoms with van der Waals surface area (Å²) in [5.74, 6) is 0.782. The number of sulfonamides is 1. The van der Waals surface area contributed by atoms with Gasteiger partial charge in [-0.2, -0.15) is 0 Å². The first-order valence-electron chi connectivity index (χ1n) is 8.19. The standard InChI is InChI=1S/C19H26N2O3S/c1-14-5-10-18(17(13-14)19(2,3)4)24-12-11-21-25(22,23)16-8-6-15(20)7-9-16/h5-10,13,21H,11-12,20H2,1-4H3. The number of nitrogens with two attached hydrogens (primary N) is 1. The van der Waals surface area contributed by atoms with Gasteiger partial charge >= 0.3 is 0 Å². The molecule has 5 nitrogen and oxygen atoms in total. The number of rotatable bonds is 6. The van der Waals surface area contributed by atoms with Crippen molar-refractivity contribution in [2.75, 3.05) is 18.9 Å². The highest BCUT2D eigenvalue weighted by Crippen LogP contribution is 2.32. The highest BCUT2D eigenvalue weighted by Gasteiger charge is 2.19.